The summed E-state index contributed by atoms with van der Waals surface area (Å²) in [7, 11) is 0. The molecule has 0 aliphatic carbocycles. The zero-order valence-electron chi connectivity index (χ0n) is 7.65. The fraction of sp³-hybridized carbons (Fsp3) is 0.750. The molecule has 4 heteroatoms. The first-order valence-corrected chi connectivity index (χ1v) is 13.1. The summed E-state index contributed by atoms with van der Waals surface area (Å²) >= 11 is 5.09. The third kappa shape index (κ3) is 6.85. The van der Waals surface area contributed by atoms with E-state index in [1.165, 1.54) is 12.8 Å². The van der Waals surface area contributed by atoms with Crippen LogP contribution in [-0.4, -0.2) is 16.1 Å². The molecular weight excluding hydrogens is 394 g/mol. The Balaban J connectivity index is 3.70. The molecule has 0 rings (SSSR count). The Morgan fingerprint density at radius 1 is 1.58 bits per heavy atom. The van der Waals surface area contributed by atoms with E-state index >= 15 is 0 Å². The van der Waals surface area contributed by atoms with Gasteiger partial charge in [0.05, 0.1) is 12.3 Å². The van der Waals surface area contributed by atoms with Crippen LogP contribution in [0.5, 0.6) is 0 Å². The van der Waals surface area contributed by atoms with Crippen LogP contribution >= 0.6 is 43.6 Å². The van der Waals surface area contributed by atoms with E-state index in [0.29, 0.717) is 5.73 Å². The largest absolute Gasteiger partial charge is 0.376 e. The van der Waals surface area contributed by atoms with Gasteiger partial charge in [0.2, 0.25) is 3.79 Å². The Hall–Kier alpha value is 1.38. The molecule has 0 spiro atoms. The predicted molar refractivity (Wildman–Crippen MR) is 74.7 cm³/mol. The minimum atomic E-state index is -0.685. The zero-order valence-corrected chi connectivity index (χ0v) is 13.1. The molecular formula is C8H16I2OSi. The van der Waals surface area contributed by atoms with E-state index in [1.807, 2.05) is 6.92 Å². The van der Waals surface area contributed by atoms with Crippen molar-refractivity contribution in [1.82, 2.24) is 0 Å². The predicted octanol–water partition coefficient (Wildman–Crippen LogP) is 3.38. The average Bonchev–Trinajstić information content (AvgIpc) is 1.96. The molecule has 0 saturated carbocycles. The van der Waals surface area contributed by atoms with Crippen molar-refractivity contribution in [3.05, 3.63) is 12.2 Å². The average molecular weight is 410 g/mol. The van der Waals surface area contributed by atoms with Crippen LogP contribution < -0.4 is 0 Å². The van der Waals surface area contributed by atoms with Gasteiger partial charge in [-0.15, -0.1) is 43.6 Å². The van der Waals surface area contributed by atoms with Gasteiger partial charge in [-0.05, 0) is 13.3 Å². The van der Waals surface area contributed by atoms with E-state index in [9.17, 15) is 0 Å². The monoisotopic (exact) mass is 410 g/mol. The SMILES string of the molecule is C=C(C)COC(CCC)[SiH](I)I. The fourth-order valence-electron chi connectivity index (χ4n) is 0.816. The van der Waals surface area contributed by atoms with Crippen molar-refractivity contribution in [2.24, 2.45) is 0 Å². The molecule has 72 valence electrons. The van der Waals surface area contributed by atoms with Crippen molar-refractivity contribution in [1.29, 1.82) is 0 Å². The summed E-state index contributed by atoms with van der Waals surface area (Å²) < 4.78 is 5.07. The van der Waals surface area contributed by atoms with Gasteiger partial charge in [-0.2, -0.15) is 0 Å². The normalized spacial score (nSPS) is 13.4. The third-order valence-electron chi connectivity index (χ3n) is 1.40. The van der Waals surface area contributed by atoms with Crippen LogP contribution in [-0.2, 0) is 4.74 Å². The molecule has 0 N–H and O–H groups in total. The van der Waals surface area contributed by atoms with E-state index in [2.05, 4.69) is 57.1 Å². The maximum Gasteiger partial charge on any atom is 0.206 e. The third-order valence-corrected chi connectivity index (χ3v) is 7.30. The molecule has 0 saturated heterocycles. The lowest BCUT2D eigenvalue weighted by Crippen LogP contribution is -2.24. The fourth-order valence-corrected chi connectivity index (χ4v) is 5.05. The van der Waals surface area contributed by atoms with Gasteiger partial charge in [0, 0.05) is 0 Å². The van der Waals surface area contributed by atoms with Gasteiger partial charge < -0.3 is 4.74 Å². The molecule has 0 aromatic rings. The Bertz CT molecular complexity index is 139. The summed E-state index contributed by atoms with van der Waals surface area (Å²) in [6, 6.07) is 0. The molecule has 12 heavy (non-hydrogen) atoms. The number of hydrogen-bond acceptors (Lipinski definition) is 1. The Morgan fingerprint density at radius 3 is 2.50 bits per heavy atom. The van der Waals surface area contributed by atoms with Crippen LogP contribution in [0.25, 0.3) is 0 Å². The lowest BCUT2D eigenvalue weighted by Gasteiger charge is -2.17. The molecule has 0 bridgehead atoms. The highest BCUT2D eigenvalue weighted by molar-refractivity contribution is 14.3. The van der Waals surface area contributed by atoms with E-state index < -0.39 is 3.79 Å². The van der Waals surface area contributed by atoms with Crippen LogP contribution in [0.2, 0.25) is 0 Å². The van der Waals surface area contributed by atoms with Crippen LogP contribution in [0.1, 0.15) is 26.7 Å². The first kappa shape index (κ1) is 13.4. The van der Waals surface area contributed by atoms with E-state index in [4.69, 9.17) is 4.74 Å². The van der Waals surface area contributed by atoms with Crippen LogP contribution in [0.15, 0.2) is 12.2 Å². The lowest BCUT2D eigenvalue weighted by atomic mass is 10.3. The van der Waals surface area contributed by atoms with Crippen LogP contribution in [0.3, 0.4) is 0 Å². The number of rotatable bonds is 6. The Kier molecular flexibility index (Phi) is 8.64. The van der Waals surface area contributed by atoms with Gasteiger partial charge in [0.25, 0.3) is 0 Å². The number of halogens is 2. The molecule has 0 heterocycles. The highest BCUT2D eigenvalue weighted by Gasteiger charge is 2.17. The van der Waals surface area contributed by atoms with Crippen molar-refractivity contribution >= 4 is 47.4 Å². The van der Waals surface area contributed by atoms with Gasteiger partial charge in [-0.1, -0.05) is 25.5 Å². The van der Waals surface area contributed by atoms with Gasteiger partial charge in [-0.25, -0.2) is 0 Å². The van der Waals surface area contributed by atoms with Crippen molar-refractivity contribution < 1.29 is 4.74 Å². The second-order valence-corrected chi connectivity index (χ2v) is 19.5. The molecule has 0 aliphatic heterocycles. The minimum Gasteiger partial charge on any atom is -0.376 e. The summed E-state index contributed by atoms with van der Waals surface area (Å²) in [6.45, 7) is 8.79. The van der Waals surface area contributed by atoms with E-state index in [0.717, 1.165) is 12.2 Å². The summed E-state index contributed by atoms with van der Waals surface area (Å²) in [5, 5.41) is 0. The lowest BCUT2D eigenvalue weighted by molar-refractivity contribution is 0.120. The summed E-state index contributed by atoms with van der Waals surface area (Å²) in [5.41, 5.74) is 1.64. The van der Waals surface area contributed by atoms with Gasteiger partial charge in [0.1, 0.15) is 0 Å². The molecule has 1 atom stereocenters. The van der Waals surface area contributed by atoms with Crippen molar-refractivity contribution in [2.45, 2.75) is 32.4 Å². The molecule has 0 aromatic carbocycles. The molecule has 0 aromatic heterocycles. The van der Waals surface area contributed by atoms with Gasteiger partial charge in [0.15, 0.2) is 0 Å². The van der Waals surface area contributed by atoms with Crippen molar-refractivity contribution in [3.8, 4) is 0 Å². The zero-order chi connectivity index (χ0) is 9.56. The Labute approximate surface area is 102 Å². The van der Waals surface area contributed by atoms with Crippen LogP contribution in [0.4, 0.5) is 0 Å². The maximum atomic E-state index is 5.75. The number of ether oxygens (including phenoxy) is 1. The summed E-state index contributed by atoms with van der Waals surface area (Å²) in [5.74, 6) is 0. The molecule has 0 aliphatic rings. The highest BCUT2D eigenvalue weighted by atomic mass is 127. The first-order chi connectivity index (χ1) is 5.57. The first-order valence-electron chi connectivity index (χ1n) is 4.12. The minimum absolute atomic E-state index is 0.521. The topological polar surface area (TPSA) is 9.23 Å². The summed E-state index contributed by atoms with van der Waals surface area (Å²) in [6.07, 6.45) is 2.42. The van der Waals surface area contributed by atoms with Gasteiger partial charge in [-0.3, -0.25) is 0 Å². The molecule has 1 nitrogen and oxygen atoms in total. The summed E-state index contributed by atoms with van der Waals surface area (Å²) in [4.78, 5) is 0. The molecule has 0 radical (unpaired) electrons. The smallest absolute Gasteiger partial charge is 0.206 e. The van der Waals surface area contributed by atoms with Gasteiger partial charge >= 0.3 is 0 Å². The maximum absolute atomic E-state index is 5.75. The van der Waals surface area contributed by atoms with Crippen molar-refractivity contribution in [3.63, 3.8) is 0 Å². The second kappa shape index (κ2) is 7.75. The Morgan fingerprint density at radius 2 is 2.17 bits per heavy atom. The van der Waals surface area contributed by atoms with Crippen molar-refractivity contribution in [2.75, 3.05) is 6.61 Å². The molecule has 0 amide bonds. The van der Waals surface area contributed by atoms with Crippen LogP contribution in [0, 0.1) is 0 Å². The second-order valence-electron chi connectivity index (χ2n) is 2.93. The molecule has 1 unspecified atom stereocenters. The number of hydrogen-bond donors (Lipinski definition) is 0. The highest BCUT2D eigenvalue weighted by Crippen LogP contribution is 2.17. The van der Waals surface area contributed by atoms with E-state index in [1.54, 1.807) is 0 Å². The standard InChI is InChI=1S/C8H16I2OSi/c1-4-5-8(12(9)10)11-6-7(2)3/h8,12H,2,4-6H2,1,3H3. The van der Waals surface area contributed by atoms with E-state index in [-0.39, 0.29) is 0 Å². The molecule has 0 fully saturated rings. The quantitative estimate of drug-likeness (QED) is 0.283.